The second-order valence-corrected chi connectivity index (χ2v) is 8.60. The minimum absolute atomic E-state index is 0.0469. The highest BCUT2D eigenvalue weighted by molar-refractivity contribution is 7.88. The maximum absolute atomic E-state index is 12.8. The molecule has 2 aromatic rings. The SMILES string of the molecule is COc1ccccc1NC(=O)[C@H]1CCCN(S(=O)(=O)Cc2ccccc2)C1. The maximum atomic E-state index is 12.8. The number of ether oxygens (including phenoxy) is 1. The van der Waals surface area contributed by atoms with Crippen LogP contribution in [-0.2, 0) is 20.6 Å². The Morgan fingerprint density at radius 2 is 1.85 bits per heavy atom. The lowest BCUT2D eigenvalue weighted by atomic mass is 9.98. The Labute approximate surface area is 160 Å². The van der Waals surface area contributed by atoms with E-state index in [2.05, 4.69) is 5.32 Å². The molecule has 0 spiro atoms. The first-order chi connectivity index (χ1) is 13.0. The van der Waals surface area contributed by atoms with Crippen LogP contribution in [0.1, 0.15) is 18.4 Å². The first-order valence-electron chi connectivity index (χ1n) is 8.95. The van der Waals surface area contributed by atoms with E-state index in [4.69, 9.17) is 4.74 Å². The third-order valence-corrected chi connectivity index (χ3v) is 6.52. The molecule has 0 saturated carbocycles. The van der Waals surface area contributed by atoms with Gasteiger partial charge in [0.25, 0.3) is 0 Å². The van der Waals surface area contributed by atoms with Crippen LogP contribution in [0.15, 0.2) is 54.6 Å². The Balaban J connectivity index is 1.67. The molecule has 1 saturated heterocycles. The van der Waals surface area contributed by atoms with Gasteiger partial charge in [0.15, 0.2) is 0 Å². The Morgan fingerprint density at radius 1 is 1.15 bits per heavy atom. The fourth-order valence-corrected chi connectivity index (χ4v) is 4.88. The normalized spacial score (nSPS) is 18.0. The predicted molar refractivity (Wildman–Crippen MR) is 105 cm³/mol. The van der Waals surface area contributed by atoms with Crippen LogP contribution < -0.4 is 10.1 Å². The molecule has 1 fully saturated rings. The molecular formula is C20H24N2O4S. The molecule has 7 heteroatoms. The summed E-state index contributed by atoms with van der Waals surface area (Å²) in [6, 6.07) is 16.3. The lowest BCUT2D eigenvalue weighted by molar-refractivity contribution is -0.120. The monoisotopic (exact) mass is 388 g/mol. The van der Waals surface area contributed by atoms with Crippen LogP contribution in [-0.4, -0.2) is 38.8 Å². The number of carbonyl (C=O) groups is 1. The van der Waals surface area contributed by atoms with Crippen LogP contribution in [0.5, 0.6) is 5.75 Å². The lowest BCUT2D eigenvalue weighted by Gasteiger charge is -2.31. The van der Waals surface area contributed by atoms with Gasteiger partial charge in [0.1, 0.15) is 5.75 Å². The zero-order chi connectivity index (χ0) is 19.3. The van der Waals surface area contributed by atoms with Crippen LogP contribution in [0.25, 0.3) is 0 Å². The Bertz CT molecular complexity index is 884. The highest BCUT2D eigenvalue weighted by Crippen LogP contribution is 2.26. The number of rotatable bonds is 6. The molecule has 3 rings (SSSR count). The summed E-state index contributed by atoms with van der Waals surface area (Å²) in [4.78, 5) is 12.7. The van der Waals surface area contributed by atoms with E-state index < -0.39 is 10.0 Å². The van der Waals surface area contributed by atoms with Crippen LogP contribution >= 0.6 is 0 Å². The number of benzene rings is 2. The Kier molecular flexibility index (Phi) is 6.13. The van der Waals surface area contributed by atoms with Gasteiger partial charge >= 0.3 is 0 Å². The molecule has 0 bridgehead atoms. The first-order valence-corrected chi connectivity index (χ1v) is 10.6. The van der Waals surface area contributed by atoms with Crippen molar-refractivity contribution in [3.63, 3.8) is 0 Å². The molecule has 0 aromatic heterocycles. The van der Waals surface area contributed by atoms with Gasteiger partial charge in [0.2, 0.25) is 15.9 Å². The van der Waals surface area contributed by atoms with Crippen LogP contribution in [0.4, 0.5) is 5.69 Å². The quantitative estimate of drug-likeness (QED) is 0.826. The van der Waals surface area contributed by atoms with E-state index >= 15 is 0 Å². The van der Waals surface area contributed by atoms with Crippen molar-refractivity contribution in [2.75, 3.05) is 25.5 Å². The molecule has 0 radical (unpaired) electrons. The van der Waals surface area contributed by atoms with E-state index in [-0.39, 0.29) is 24.1 Å². The molecule has 0 unspecified atom stereocenters. The van der Waals surface area contributed by atoms with Gasteiger partial charge in [-0.05, 0) is 30.5 Å². The molecule has 2 aromatic carbocycles. The summed E-state index contributed by atoms with van der Waals surface area (Å²) < 4.78 is 32.2. The smallest absolute Gasteiger partial charge is 0.228 e. The van der Waals surface area contributed by atoms with Crippen molar-refractivity contribution in [2.24, 2.45) is 5.92 Å². The molecule has 0 aliphatic carbocycles. The molecule has 6 nitrogen and oxygen atoms in total. The zero-order valence-corrected chi connectivity index (χ0v) is 16.1. The predicted octanol–water partition coefficient (Wildman–Crippen LogP) is 2.88. The fourth-order valence-electron chi connectivity index (χ4n) is 3.27. The van der Waals surface area contributed by atoms with Crippen molar-refractivity contribution >= 4 is 21.6 Å². The maximum Gasteiger partial charge on any atom is 0.228 e. The number of hydrogen-bond donors (Lipinski definition) is 1. The second kappa shape index (κ2) is 8.54. The van der Waals surface area contributed by atoms with Crippen molar-refractivity contribution in [3.8, 4) is 5.75 Å². The number of nitrogens with zero attached hydrogens (tertiary/aromatic N) is 1. The molecular weight excluding hydrogens is 364 g/mol. The van der Waals surface area contributed by atoms with E-state index in [0.717, 1.165) is 5.56 Å². The van der Waals surface area contributed by atoms with E-state index in [0.29, 0.717) is 30.8 Å². The summed E-state index contributed by atoms with van der Waals surface area (Å²) in [5.74, 6) is -0.0298. The summed E-state index contributed by atoms with van der Waals surface area (Å²) in [6.45, 7) is 0.657. The van der Waals surface area contributed by atoms with Crippen molar-refractivity contribution in [3.05, 3.63) is 60.2 Å². The Morgan fingerprint density at radius 3 is 2.59 bits per heavy atom. The third kappa shape index (κ3) is 4.87. The molecule has 1 heterocycles. The summed E-state index contributed by atoms with van der Waals surface area (Å²) >= 11 is 0. The van der Waals surface area contributed by atoms with Gasteiger partial charge in [-0.1, -0.05) is 42.5 Å². The largest absolute Gasteiger partial charge is 0.495 e. The molecule has 1 aliphatic heterocycles. The van der Waals surface area contributed by atoms with Gasteiger partial charge in [-0.2, -0.15) is 0 Å². The second-order valence-electron chi connectivity index (χ2n) is 6.63. The number of carbonyl (C=O) groups excluding carboxylic acids is 1. The lowest BCUT2D eigenvalue weighted by Crippen LogP contribution is -2.44. The van der Waals surface area contributed by atoms with Crippen LogP contribution in [0.2, 0.25) is 0 Å². The average molecular weight is 388 g/mol. The van der Waals surface area contributed by atoms with Gasteiger partial charge in [0.05, 0.1) is 24.5 Å². The highest BCUT2D eigenvalue weighted by atomic mass is 32.2. The van der Waals surface area contributed by atoms with Crippen LogP contribution in [0, 0.1) is 5.92 Å². The van der Waals surface area contributed by atoms with E-state index in [1.165, 1.54) is 4.31 Å². The molecule has 1 atom stereocenters. The first kappa shape index (κ1) is 19.4. The number of para-hydroxylation sites is 2. The third-order valence-electron chi connectivity index (χ3n) is 4.71. The summed E-state index contributed by atoms with van der Waals surface area (Å²) in [6.07, 6.45) is 1.33. The molecule has 1 amide bonds. The van der Waals surface area contributed by atoms with E-state index in [1.54, 1.807) is 31.4 Å². The number of piperidine rings is 1. The number of anilines is 1. The average Bonchev–Trinajstić information content (AvgIpc) is 2.69. The summed E-state index contributed by atoms with van der Waals surface area (Å²) in [5, 5.41) is 2.87. The van der Waals surface area contributed by atoms with E-state index in [1.807, 2.05) is 30.3 Å². The number of sulfonamides is 1. The van der Waals surface area contributed by atoms with Gasteiger partial charge in [0, 0.05) is 13.1 Å². The van der Waals surface area contributed by atoms with Crippen molar-refractivity contribution in [2.45, 2.75) is 18.6 Å². The van der Waals surface area contributed by atoms with Gasteiger partial charge in [-0.3, -0.25) is 4.79 Å². The highest BCUT2D eigenvalue weighted by Gasteiger charge is 2.32. The van der Waals surface area contributed by atoms with Crippen LogP contribution in [0.3, 0.4) is 0 Å². The van der Waals surface area contributed by atoms with Gasteiger partial charge in [-0.25, -0.2) is 12.7 Å². The Hall–Kier alpha value is -2.38. The number of methoxy groups -OCH3 is 1. The topological polar surface area (TPSA) is 75.7 Å². The van der Waals surface area contributed by atoms with Crippen molar-refractivity contribution < 1.29 is 17.9 Å². The van der Waals surface area contributed by atoms with Gasteiger partial charge in [-0.15, -0.1) is 0 Å². The fraction of sp³-hybridized carbons (Fsp3) is 0.350. The summed E-state index contributed by atoms with van der Waals surface area (Å²) in [7, 11) is -1.91. The van der Waals surface area contributed by atoms with Crippen molar-refractivity contribution in [1.82, 2.24) is 4.31 Å². The minimum atomic E-state index is -3.46. The summed E-state index contributed by atoms with van der Waals surface area (Å²) in [5.41, 5.74) is 1.34. The molecule has 1 aliphatic rings. The van der Waals surface area contributed by atoms with Gasteiger partial charge < -0.3 is 10.1 Å². The van der Waals surface area contributed by atoms with Crippen molar-refractivity contribution in [1.29, 1.82) is 0 Å². The molecule has 1 N–H and O–H groups in total. The zero-order valence-electron chi connectivity index (χ0n) is 15.3. The number of amides is 1. The molecule has 27 heavy (non-hydrogen) atoms. The standard InChI is InChI=1S/C20H24N2O4S/c1-26-19-12-6-5-11-18(19)21-20(23)17-10-7-13-22(14-17)27(24,25)15-16-8-3-2-4-9-16/h2-6,8-9,11-12,17H,7,10,13-15H2,1H3,(H,21,23)/t17-/m0/s1. The minimum Gasteiger partial charge on any atom is -0.495 e. The van der Waals surface area contributed by atoms with E-state index in [9.17, 15) is 13.2 Å². The number of hydrogen-bond acceptors (Lipinski definition) is 4. The number of nitrogens with one attached hydrogen (secondary N) is 1. The molecule has 144 valence electrons.